The molecule has 0 radical (unpaired) electrons. The number of fused-ring (bicyclic) bond motifs is 3. The second-order valence-corrected chi connectivity index (χ2v) is 16.7. The number of methoxy groups -OCH3 is 2. The van der Waals surface area contributed by atoms with Gasteiger partial charge in [0, 0.05) is 38.2 Å². The van der Waals surface area contributed by atoms with E-state index in [4.69, 9.17) is 13.9 Å². The Hall–Kier alpha value is -0.413. The van der Waals surface area contributed by atoms with Crippen LogP contribution in [0.15, 0.2) is 0 Å². The fourth-order valence-corrected chi connectivity index (χ4v) is 6.51. The number of hydrogen-bond acceptors (Lipinski definition) is 6. The molecule has 176 valence electrons. The summed E-state index contributed by atoms with van der Waals surface area (Å²) in [5.41, 5.74) is -3.17. The first-order chi connectivity index (χ1) is 13.9. The Labute approximate surface area is 195 Å². The molecule has 3 rings (SSSR count). The van der Waals surface area contributed by atoms with Crippen LogP contribution in [0.3, 0.4) is 0 Å². The van der Waals surface area contributed by atoms with E-state index < -0.39 is 29.7 Å². The van der Waals surface area contributed by atoms with Crippen molar-refractivity contribution in [2.45, 2.75) is 69.1 Å². The molecule has 0 saturated carbocycles. The van der Waals surface area contributed by atoms with Crippen molar-refractivity contribution in [3.63, 3.8) is 0 Å². The van der Waals surface area contributed by atoms with Gasteiger partial charge in [0.15, 0.2) is 19.9 Å². The minimum absolute atomic E-state index is 0.0353. The number of benzene rings is 1. The fraction of sp³-hybridized carbons (Fsp3) is 0.684. The Bertz CT molecular complexity index is 1010. The van der Waals surface area contributed by atoms with Crippen LogP contribution < -0.4 is 4.18 Å². The van der Waals surface area contributed by atoms with Crippen LogP contribution in [0.2, 0.25) is 18.1 Å². The number of ether oxygens (including phenoxy) is 2. The Morgan fingerprint density at radius 3 is 2.10 bits per heavy atom. The molecular weight excluding hydrogens is 568 g/mol. The normalized spacial score (nSPS) is 20.4. The second kappa shape index (κ2) is 7.55. The molecule has 0 amide bonds. The zero-order chi connectivity index (χ0) is 23.8. The summed E-state index contributed by atoms with van der Waals surface area (Å²) in [7, 11) is -5.08. The van der Waals surface area contributed by atoms with Gasteiger partial charge in [0.25, 0.3) is 0 Å². The van der Waals surface area contributed by atoms with E-state index in [1.54, 1.807) is 0 Å². The Morgan fingerprint density at radius 2 is 1.65 bits per heavy atom. The van der Waals surface area contributed by atoms with Gasteiger partial charge in [-0.25, -0.2) is 0 Å². The number of hydrogen-bond donors (Lipinski definition) is 0. The third-order valence-electron chi connectivity index (χ3n) is 6.52. The van der Waals surface area contributed by atoms with Crippen LogP contribution in [0, 0.1) is 3.57 Å². The van der Waals surface area contributed by atoms with Gasteiger partial charge in [-0.15, -0.1) is 0 Å². The molecule has 0 aromatic heterocycles. The van der Waals surface area contributed by atoms with Crippen LogP contribution in [0.25, 0.3) is 0 Å². The van der Waals surface area contributed by atoms with Crippen molar-refractivity contribution < 1.29 is 39.7 Å². The molecule has 1 aromatic carbocycles. The third-order valence-corrected chi connectivity index (χ3v) is 13.1. The Balaban J connectivity index is 2.13. The Morgan fingerprint density at radius 1 is 1.10 bits per heavy atom. The number of rotatable bonds is 6. The van der Waals surface area contributed by atoms with E-state index in [1.807, 2.05) is 22.6 Å². The SMILES string of the molecule is COC1(OC)Cc2c(OS(=O)(=O)C(F)(F)F)c(I)c3c(c21)C(O[Si](C)(C)C(C)(C)C)C3. The lowest BCUT2D eigenvalue weighted by atomic mass is 9.69. The number of halogens is 4. The molecule has 0 aliphatic heterocycles. The smallest absolute Gasteiger partial charge is 0.410 e. The highest BCUT2D eigenvalue weighted by Crippen LogP contribution is 2.59. The zero-order valence-electron chi connectivity index (χ0n) is 18.4. The molecule has 12 heteroatoms. The summed E-state index contributed by atoms with van der Waals surface area (Å²) in [6.07, 6.45) is 0.240. The highest BCUT2D eigenvalue weighted by molar-refractivity contribution is 14.1. The minimum atomic E-state index is -5.81. The lowest BCUT2D eigenvalue weighted by molar-refractivity contribution is -0.232. The van der Waals surface area contributed by atoms with E-state index in [2.05, 4.69) is 38.0 Å². The highest BCUT2D eigenvalue weighted by atomic mass is 127. The van der Waals surface area contributed by atoms with Gasteiger partial charge in [0.05, 0.1) is 9.67 Å². The first kappa shape index (κ1) is 25.2. The van der Waals surface area contributed by atoms with Crippen molar-refractivity contribution in [3.05, 3.63) is 25.8 Å². The third kappa shape index (κ3) is 3.84. The maximum Gasteiger partial charge on any atom is 0.534 e. The molecule has 1 aromatic rings. The van der Waals surface area contributed by atoms with Gasteiger partial charge in [-0.3, -0.25) is 0 Å². The first-order valence-corrected chi connectivity index (χ1v) is 15.0. The molecule has 0 bridgehead atoms. The van der Waals surface area contributed by atoms with E-state index >= 15 is 0 Å². The molecule has 1 atom stereocenters. The largest absolute Gasteiger partial charge is 0.534 e. The predicted octanol–water partition coefficient (Wildman–Crippen LogP) is 5.14. The molecule has 6 nitrogen and oxygen atoms in total. The lowest BCUT2D eigenvalue weighted by Crippen LogP contribution is -2.49. The predicted molar refractivity (Wildman–Crippen MR) is 119 cm³/mol. The van der Waals surface area contributed by atoms with Crippen LogP contribution in [0.4, 0.5) is 13.2 Å². The second-order valence-electron chi connectivity index (χ2n) is 9.28. The first-order valence-electron chi connectivity index (χ1n) is 9.59. The molecule has 31 heavy (non-hydrogen) atoms. The summed E-state index contributed by atoms with van der Waals surface area (Å²) in [5.74, 6) is -1.48. The van der Waals surface area contributed by atoms with E-state index in [0.29, 0.717) is 26.7 Å². The van der Waals surface area contributed by atoms with Crippen LogP contribution in [0.5, 0.6) is 5.75 Å². The van der Waals surface area contributed by atoms with Crippen molar-refractivity contribution in [1.29, 1.82) is 0 Å². The molecule has 0 spiro atoms. The zero-order valence-corrected chi connectivity index (χ0v) is 22.3. The fourth-order valence-electron chi connectivity index (χ4n) is 3.65. The van der Waals surface area contributed by atoms with Crippen molar-refractivity contribution in [3.8, 4) is 5.75 Å². The van der Waals surface area contributed by atoms with Crippen LogP contribution in [-0.4, -0.2) is 36.5 Å². The summed E-state index contributed by atoms with van der Waals surface area (Å²) in [6.45, 7) is 10.6. The summed E-state index contributed by atoms with van der Waals surface area (Å²) in [4.78, 5) is 0. The topological polar surface area (TPSA) is 71.1 Å². The molecule has 2 aliphatic rings. The highest BCUT2D eigenvalue weighted by Gasteiger charge is 2.56. The molecule has 0 heterocycles. The monoisotopic (exact) mass is 594 g/mol. The van der Waals surface area contributed by atoms with Crippen LogP contribution in [-0.2, 0) is 42.6 Å². The van der Waals surface area contributed by atoms with E-state index in [9.17, 15) is 21.6 Å². The van der Waals surface area contributed by atoms with Crippen LogP contribution >= 0.6 is 22.6 Å². The van der Waals surface area contributed by atoms with Gasteiger partial charge in [0.1, 0.15) is 0 Å². The average Bonchev–Trinajstić information content (AvgIpc) is 2.58. The molecule has 2 aliphatic carbocycles. The quantitative estimate of drug-likeness (QED) is 0.149. The van der Waals surface area contributed by atoms with Crippen molar-refractivity contribution in [1.82, 2.24) is 0 Å². The lowest BCUT2D eigenvalue weighted by Gasteiger charge is -2.50. The maximum atomic E-state index is 13.0. The van der Waals surface area contributed by atoms with E-state index in [-0.39, 0.29) is 23.3 Å². The molecule has 0 fully saturated rings. The van der Waals surface area contributed by atoms with E-state index in [0.717, 1.165) is 5.56 Å². The molecular formula is C19H26F3IO6SSi. The molecule has 0 N–H and O–H groups in total. The minimum Gasteiger partial charge on any atom is -0.410 e. The van der Waals surface area contributed by atoms with Gasteiger partial charge in [-0.05, 0) is 51.9 Å². The summed E-state index contributed by atoms with van der Waals surface area (Å²) in [6, 6.07) is 0. The van der Waals surface area contributed by atoms with Crippen molar-refractivity contribution in [2.75, 3.05) is 14.2 Å². The van der Waals surface area contributed by atoms with Crippen LogP contribution in [0.1, 0.15) is 49.1 Å². The van der Waals surface area contributed by atoms with Gasteiger partial charge >= 0.3 is 15.6 Å². The van der Waals surface area contributed by atoms with Gasteiger partial charge < -0.3 is 18.1 Å². The Kier molecular flexibility index (Phi) is 6.14. The standard InChI is InChI=1S/C19H26F3IO6SSi/c1-17(2,3)31(6,7)29-12-8-10-13(12)14-11(9-18(14,26-4)27-5)16(15(10)23)28-30(24,25)19(20,21)22/h12H,8-9H2,1-7H3. The average molecular weight is 594 g/mol. The summed E-state index contributed by atoms with van der Waals surface area (Å²) >= 11 is 1.84. The maximum absolute atomic E-state index is 13.0. The summed E-state index contributed by atoms with van der Waals surface area (Å²) < 4.78 is 84.9. The summed E-state index contributed by atoms with van der Waals surface area (Å²) in [5, 5.41) is -0.0353. The van der Waals surface area contributed by atoms with Crippen molar-refractivity contribution in [2.24, 2.45) is 0 Å². The van der Waals surface area contributed by atoms with Gasteiger partial charge in [-0.1, -0.05) is 20.8 Å². The van der Waals surface area contributed by atoms with Gasteiger partial charge in [0.2, 0.25) is 0 Å². The molecule has 1 unspecified atom stereocenters. The van der Waals surface area contributed by atoms with E-state index in [1.165, 1.54) is 14.2 Å². The van der Waals surface area contributed by atoms with Crippen molar-refractivity contribution >= 4 is 41.0 Å². The number of alkyl halides is 3. The van der Waals surface area contributed by atoms with Gasteiger partial charge in [-0.2, -0.15) is 21.6 Å². The molecule has 0 saturated heterocycles.